The monoisotopic (exact) mass is 307 g/mol. The molecule has 0 spiro atoms. The Bertz CT molecular complexity index is 737. The number of hydrogen-bond donors (Lipinski definition) is 1. The summed E-state index contributed by atoms with van der Waals surface area (Å²) < 4.78 is 40.2. The molecule has 0 unspecified atom stereocenters. The van der Waals surface area contributed by atoms with Crippen molar-refractivity contribution in [2.24, 2.45) is 0 Å². The molecule has 0 aromatic heterocycles. The summed E-state index contributed by atoms with van der Waals surface area (Å²) in [6, 6.07) is 11.0. The smallest absolute Gasteiger partial charge is 0.261 e. The van der Waals surface area contributed by atoms with Gasteiger partial charge in [0, 0.05) is 5.69 Å². The van der Waals surface area contributed by atoms with E-state index in [1.807, 2.05) is 12.1 Å². The molecule has 0 aliphatic heterocycles. The van der Waals surface area contributed by atoms with E-state index >= 15 is 0 Å². The maximum absolute atomic E-state index is 13.2. The van der Waals surface area contributed by atoms with Gasteiger partial charge in [-0.1, -0.05) is 26.0 Å². The van der Waals surface area contributed by atoms with Crippen LogP contribution in [0.25, 0.3) is 0 Å². The topological polar surface area (TPSA) is 46.2 Å². The molecule has 0 heterocycles. The fourth-order valence-corrected chi connectivity index (χ4v) is 3.08. The Morgan fingerprint density at radius 2 is 1.67 bits per heavy atom. The molecule has 0 saturated heterocycles. The van der Waals surface area contributed by atoms with Crippen molar-refractivity contribution in [3.8, 4) is 0 Å². The third kappa shape index (κ3) is 3.61. The summed E-state index contributed by atoms with van der Waals surface area (Å²) in [4.78, 5) is 0.0503. The highest BCUT2D eigenvalue weighted by Gasteiger charge is 2.15. The van der Waals surface area contributed by atoms with Crippen molar-refractivity contribution in [3.63, 3.8) is 0 Å². The molecule has 21 heavy (non-hydrogen) atoms. The molecule has 0 fully saturated rings. The van der Waals surface area contributed by atoms with Crippen molar-refractivity contribution in [3.05, 3.63) is 59.4 Å². The first kappa shape index (κ1) is 15.5. The van der Waals surface area contributed by atoms with Crippen LogP contribution in [0.3, 0.4) is 0 Å². The van der Waals surface area contributed by atoms with Crippen molar-refractivity contribution in [1.29, 1.82) is 0 Å². The van der Waals surface area contributed by atoms with Gasteiger partial charge < -0.3 is 0 Å². The second kappa shape index (κ2) is 5.85. The summed E-state index contributed by atoms with van der Waals surface area (Å²) in [7, 11) is -3.70. The zero-order valence-corrected chi connectivity index (χ0v) is 13.0. The zero-order valence-electron chi connectivity index (χ0n) is 12.2. The lowest BCUT2D eigenvalue weighted by Crippen LogP contribution is -2.13. The third-order valence-electron chi connectivity index (χ3n) is 3.27. The second-order valence-electron chi connectivity index (χ2n) is 5.29. The van der Waals surface area contributed by atoms with Gasteiger partial charge in [0.1, 0.15) is 5.82 Å². The molecule has 0 aliphatic rings. The van der Waals surface area contributed by atoms with Gasteiger partial charge in [0.25, 0.3) is 10.0 Å². The normalized spacial score (nSPS) is 11.7. The van der Waals surface area contributed by atoms with Crippen molar-refractivity contribution in [2.75, 3.05) is 4.72 Å². The quantitative estimate of drug-likeness (QED) is 0.926. The third-order valence-corrected chi connectivity index (χ3v) is 4.65. The number of halogens is 1. The molecule has 2 aromatic rings. The lowest BCUT2D eigenvalue weighted by molar-refractivity contribution is 0.598. The van der Waals surface area contributed by atoms with E-state index in [1.165, 1.54) is 19.1 Å². The van der Waals surface area contributed by atoms with E-state index in [2.05, 4.69) is 18.6 Å². The highest BCUT2D eigenvalue weighted by molar-refractivity contribution is 7.92. The molecule has 112 valence electrons. The molecular weight excluding hydrogens is 289 g/mol. The van der Waals surface area contributed by atoms with Crippen molar-refractivity contribution >= 4 is 15.7 Å². The summed E-state index contributed by atoms with van der Waals surface area (Å²) in [5.74, 6) is -0.0364. The molecule has 0 atom stereocenters. The first-order valence-electron chi connectivity index (χ1n) is 6.68. The summed E-state index contributed by atoms with van der Waals surface area (Å²) >= 11 is 0. The number of hydrogen-bond acceptors (Lipinski definition) is 2. The molecule has 0 saturated carbocycles. The number of sulfonamides is 1. The lowest BCUT2D eigenvalue weighted by atomic mass is 10.0. The Balaban J connectivity index is 2.26. The Hall–Kier alpha value is -1.88. The van der Waals surface area contributed by atoms with Crippen LogP contribution in [0.1, 0.15) is 30.9 Å². The van der Waals surface area contributed by atoms with Crippen LogP contribution in [0.2, 0.25) is 0 Å². The molecule has 2 rings (SSSR count). The molecule has 1 N–H and O–H groups in total. The fraction of sp³-hybridized carbons (Fsp3) is 0.250. The highest BCUT2D eigenvalue weighted by atomic mass is 32.2. The van der Waals surface area contributed by atoms with E-state index in [9.17, 15) is 12.8 Å². The molecule has 0 bridgehead atoms. The Morgan fingerprint density at radius 3 is 2.19 bits per heavy atom. The van der Waals surface area contributed by atoms with E-state index in [0.29, 0.717) is 17.2 Å². The summed E-state index contributed by atoms with van der Waals surface area (Å²) in [5, 5.41) is 0. The van der Waals surface area contributed by atoms with Crippen LogP contribution in [-0.4, -0.2) is 8.42 Å². The number of rotatable bonds is 4. The number of benzene rings is 2. The summed E-state index contributed by atoms with van der Waals surface area (Å²) in [5.41, 5.74) is 1.92. The van der Waals surface area contributed by atoms with Crippen LogP contribution in [0.5, 0.6) is 0 Å². The predicted octanol–water partition coefficient (Wildman–Crippen LogP) is 4.06. The van der Waals surface area contributed by atoms with E-state index in [-0.39, 0.29) is 4.90 Å². The van der Waals surface area contributed by atoms with Gasteiger partial charge in [0.2, 0.25) is 0 Å². The first-order chi connectivity index (χ1) is 9.79. The van der Waals surface area contributed by atoms with Gasteiger partial charge in [0.05, 0.1) is 4.90 Å². The van der Waals surface area contributed by atoms with E-state index < -0.39 is 15.8 Å². The minimum Gasteiger partial charge on any atom is -0.280 e. The van der Waals surface area contributed by atoms with Gasteiger partial charge >= 0.3 is 0 Å². The highest BCUT2D eigenvalue weighted by Crippen LogP contribution is 2.21. The van der Waals surface area contributed by atoms with Gasteiger partial charge in [-0.05, 0) is 54.3 Å². The van der Waals surface area contributed by atoms with Crippen LogP contribution in [-0.2, 0) is 10.0 Å². The van der Waals surface area contributed by atoms with Crippen LogP contribution in [0.4, 0.5) is 10.1 Å². The van der Waals surface area contributed by atoms with Crippen molar-refractivity contribution in [2.45, 2.75) is 31.6 Å². The average molecular weight is 307 g/mol. The number of nitrogens with one attached hydrogen (secondary N) is 1. The molecule has 0 radical (unpaired) electrons. The van der Waals surface area contributed by atoms with E-state index in [1.54, 1.807) is 12.1 Å². The van der Waals surface area contributed by atoms with Gasteiger partial charge in [-0.15, -0.1) is 0 Å². The van der Waals surface area contributed by atoms with Crippen molar-refractivity contribution < 1.29 is 12.8 Å². The zero-order chi connectivity index (χ0) is 15.6. The summed E-state index contributed by atoms with van der Waals surface area (Å²) in [6.07, 6.45) is 0. The second-order valence-corrected chi connectivity index (χ2v) is 6.98. The molecule has 3 nitrogen and oxygen atoms in total. The van der Waals surface area contributed by atoms with Crippen LogP contribution in [0.15, 0.2) is 47.4 Å². The lowest BCUT2D eigenvalue weighted by Gasteiger charge is -2.10. The standard InChI is InChI=1S/C16H18FNO2S/c1-11(2)13-4-6-14(7-5-13)18-21(19,20)15-8-9-16(17)12(3)10-15/h4-11,18H,1-3H3. The van der Waals surface area contributed by atoms with Gasteiger partial charge in [-0.25, -0.2) is 12.8 Å². The number of anilines is 1. The van der Waals surface area contributed by atoms with Gasteiger partial charge in [-0.3, -0.25) is 4.72 Å². The predicted molar refractivity (Wildman–Crippen MR) is 82.5 cm³/mol. The molecular formula is C16H18FNO2S. The summed E-state index contributed by atoms with van der Waals surface area (Å²) in [6.45, 7) is 5.67. The Morgan fingerprint density at radius 1 is 1.05 bits per heavy atom. The van der Waals surface area contributed by atoms with Crippen LogP contribution >= 0.6 is 0 Å². The first-order valence-corrected chi connectivity index (χ1v) is 8.17. The maximum Gasteiger partial charge on any atom is 0.261 e. The molecule has 2 aromatic carbocycles. The largest absolute Gasteiger partial charge is 0.280 e. The fourth-order valence-electron chi connectivity index (χ4n) is 1.93. The SMILES string of the molecule is Cc1cc(S(=O)(=O)Nc2ccc(C(C)C)cc2)ccc1F. The minimum atomic E-state index is -3.70. The van der Waals surface area contributed by atoms with Gasteiger partial charge in [0.15, 0.2) is 0 Å². The maximum atomic E-state index is 13.2. The van der Waals surface area contributed by atoms with Gasteiger partial charge in [-0.2, -0.15) is 0 Å². The average Bonchev–Trinajstić information content (AvgIpc) is 2.42. The van der Waals surface area contributed by atoms with Crippen LogP contribution < -0.4 is 4.72 Å². The van der Waals surface area contributed by atoms with E-state index in [4.69, 9.17) is 0 Å². The minimum absolute atomic E-state index is 0.0503. The Kier molecular flexibility index (Phi) is 4.32. The molecule has 0 aliphatic carbocycles. The molecule has 5 heteroatoms. The Labute approximate surface area is 124 Å². The molecule has 0 amide bonds. The van der Waals surface area contributed by atoms with Crippen LogP contribution in [0, 0.1) is 12.7 Å². The van der Waals surface area contributed by atoms with Crippen molar-refractivity contribution in [1.82, 2.24) is 0 Å². The van der Waals surface area contributed by atoms with E-state index in [0.717, 1.165) is 11.6 Å². The number of aryl methyl sites for hydroxylation is 1.